The number of para-hydroxylation sites is 1. The first-order valence-electron chi connectivity index (χ1n) is 10.1. The highest BCUT2D eigenvalue weighted by atomic mass is 15.4. The first kappa shape index (κ1) is 19.4. The molecule has 0 aliphatic carbocycles. The molecule has 0 unspecified atom stereocenters. The maximum absolute atomic E-state index is 9.10. The van der Waals surface area contributed by atoms with Crippen LogP contribution in [0.4, 0.5) is 5.69 Å². The van der Waals surface area contributed by atoms with E-state index in [0.717, 1.165) is 22.3 Å². The zero-order chi connectivity index (χ0) is 22.1. The molecule has 32 heavy (non-hydrogen) atoms. The molecule has 5 aromatic rings. The van der Waals surface area contributed by atoms with Gasteiger partial charge in [-0.25, -0.2) is 14.6 Å². The van der Waals surface area contributed by atoms with Crippen LogP contribution in [-0.4, -0.2) is 40.8 Å². The van der Waals surface area contributed by atoms with Crippen molar-refractivity contribution in [2.45, 2.75) is 19.9 Å². The average molecular weight is 421 g/mol. The normalized spacial score (nSPS) is 11.1. The van der Waals surface area contributed by atoms with E-state index in [1.165, 1.54) is 6.20 Å². The predicted octanol–water partition coefficient (Wildman–Crippen LogP) is 3.76. The Hall–Kier alpha value is -4.58. The predicted molar refractivity (Wildman–Crippen MR) is 120 cm³/mol. The monoisotopic (exact) mass is 421 g/mol. The summed E-state index contributed by atoms with van der Waals surface area (Å²) < 4.78 is 3.40. The van der Waals surface area contributed by atoms with E-state index >= 15 is 0 Å². The van der Waals surface area contributed by atoms with Crippen LogP contribution < -0.4 is 5.32 Å². The number of rotatable bonds is 5. The summed E-state index contributed by atoms with van der Waals surface area (Å²) in [7, 11) is 0. The van der Waals surface area contributed by atoms with Gasteiger partial charge >= 0.3 is 0 Å². The summed E-state index contributed by atoms with van der Waals surface area (Å²) in [6.45, 7) is 4.14. The Morgan fingerprint density at radius 3 is 2.66 bits per heavy atom. The number of anilines is 1. The highest BCUT2D eigenvalue weighted by molar-refractivity contribution is 5.79. The van der Waals surface area contributed by atoms with Gasteiger partial charge in [0, 0.05) is 41.1 Å². The number of nitriles is 1. The van der Waals surface area contributed by atoms with Crippen molar-refractivity contribution >= 4 is 16.7 Å². The van der Waals surface area contributed by atoms with Crippen LogP contribution in [0.25, 0.3) is 33.8 Å². The molecule has 1 N–H and O–H groups in total. The Labute approximate surface area is 184 Å². The van der Waals surface area contributed by atoms with E-state index in [4.69, 9.17) is 5.26 Å². The van der Waals surface area contributed by atoms with Crippen LogP contribution in [0.1, 0.15) is 19.4 Å². The molecule has 0 aliphatic rings. The van der Waals surface area contributed by atoms with E-state index in [1.807, 2.05) is 42.6 Å². The van der Waals surface area contributed by atoms with Crippen molar-refractivity contribution in [2.24, 2.45) is 0 Å². The van der Waals surface area contributed by atoms with Crippen molar-refractivity contribution < 1.29 is 0 Å². The summed E-state index contributed by atoms with van der Waals surface area (Å²) >= 11 is 0. The third-order valence-corrected chi connectivity index (χ3v) is 4.88. The first-order valence-corrected chi connectivity index (χ1v) is 10.1. The van der Waals surface area contributed by atoms with Crippen LogP contribution in [-0.2, 0) is 0 Å². The summed E-state index contributed by atoms with van der Waals surface area (Å²) in [5.41, 5.74) is 4.46. The van der Waals surface area contributed by atoms with Crippen molar-refractivity contribution in [3.05, 3.63) is 72.8 Å². The molecule has 0 radical (unpaired) electrons. The quantitative estimate of drug-likeness (QED) is 0.460. The molecule has 0 amide bonds. The second kappa shape index (κ2) is 7.92. The lowest BCUT2D eigenvalue weighted by molar-refractivity contribution is 0.804. The van der Waals surface area contributed by atoms with Crippen molar-refractivity contribution in [1.82, 2.24) is 34.7 Å². The molecule has 9 nitrogen and oxygen atoms in total. The minimum absolute atomic E-state index is 0.193. The molecule has 4 aromatic heterocycles. The fourth-order valence-electron chi connectivity index (χ4n) is 3.44. The maximum atomic E-state index is 9.10. The summed E-state index contributed by atoms with van der Waals surface area (Å²) in [6, 6.07) is 15.8. The van der Waals surface area contributed by atoms with Crippen molar-refractivity contribution in [1.29, 1.82) is 5.26 Å². The lowest BCUT2D eigenvalue weighted by Crippen LogP contribution is -2.12. The Morgan fingerprint density at radius 1 is 1.03 bits per heavy atom. The first-order chi connectivity index (χ1) is 15.6. The van der Waals surface area contributed by atoms with Crippen molar-refractivity contribution in [3.8, 4) is 28.8 Å². The molecule has 4 heterocycles. The van der Waals surface area contributed by atoms with Gasteiger partial charge in [-0.2, -0.15) is 15.0 Å². The van der Waals surface area contributed by atoms with Crippen molar-refractivity contribution in [2.75, 3.05) is 5.32 Å². The van der Waals surface area contributed by atoms with Gasteiger partial charge in [0.25, 0.3) is 0 Å². The van der Waals surface area contributed by atoms with Gasteiger partial charge in [0.1, 0.15) is 11.8 Å². The van der Waals surface area contributed by atoms with Gasteiger partial charge in [-0.3, -0.25) is 0 Å². The van der Waals surface area contributed by atoms with Crippen LogP contribution in [0, 0.1) is 11.3 Å². The lowest BCUT2D eigenvalue weighted by atomic mass is 10.1. The van der Waals surface area contributed by atoms with Gasteiger partial charge in [-0.15, -0.1) is 5.10 Å². The number of nitrogens with one attached hydrogen (secondary N) is 1. The molecule has 0 saturated heterocycles. The lowest BCUT2D eigenvalue weighted by Gasteiger charge is -2.14. The topological polar surface area (TPSA) is 110 Å². The number of fused-ring (bicyclic) bond motifs is 1. The zero-order valence-electron chi connectivity index (χ0n) is 17.5. The van der Waals surface area contributed by atoms with E-state index in [0.29, 0.717) is 22.7 Å². The third-order valence-electron chi connectivity index (χ3n) is 4.88. The minimum atomic E-state index is 0.193. The number of nitrogens with zero attached hydrogens (tertiary/aromatic N) is 8. The second-order valence-electron chi connectivity index (χ2n) is 7.58. The SMILES string of the molecule is CC(C)Nc1cc(-n2ncc3cc(C#N)cnc32)ncc1-c1cn(-c2ccccc2)nn1. The van der Waals surface area contributed by atoms with E-state index in [-0.39, 0.29) is 6.04 Å². The standard InChI is InChI=1S/C23H19N9/c1-15(2)28-20-9-22(32-23-17(12-27-32)8-16(10-24)11-26-23)25-13-19(20)21-14-31(30-29-21)18-6-4-3-5-7-18/h3-9,11-15H,1-2H3,(H,25,28). The molecule has 0 atom stereocenters. The van der Waals surface area contributed by atoms with Crippen LogP contribution >= 0.6 is 0 Å². The smallest absolute Gasteiger partial charge is 0.164 e. The van der Waals surface area contributed by atoms with Crippen LogP contribution in [0.15, 0.2) is 67.3 Å². The minimum Gasteiger partial charge on any atom is -0.382 e. The molecule has 0 spiro atoms. The summed E-state index contributed by atoms with van der Waals surface area (Å²) in [4.78, 5) is 9.01. The highest BCUT2D eigenvalue weighted by Crippen LogP contribution is 2.29. The average Bonchev–Trinajstić information content (AvgIpc) is 3.46. The second-order valence-corrected chi connectivity index (χ2v) is 7.58. The van der Waals surface area contributed by atoms with Crippen molar-refractivity contribution in [3.63, 3.8) is 0 Å². The highest BCUT2D eigenvalue weighted by Gasteiger charge is 2.15. The molecule has 0 aliphatic heterocycles. The van der Waals surface area contributed by atoms with Gasteiger partial charge in [-0.05, 0) is 32.0 Å². The van der Waals surface area contributed by atoms with Gasteiger partial charge < -0.3 is 5.32 Å². The zero-order valence-corrected chi connectivity index (χ0v) is 17.5. The van der Waals surface area contributed by atoms with E-state index < -0.39 is 0 Å². The fraction of sp³-hybridized carbons (Fsp3) is 0.130. The third kappa shape index (κ3) is 3.54. The number of pyridine rings is 2. The van der Waals surface area contributed by atoms with Gasteiger partial charge in [0.05, 0.1) is 23.6 Å². The molecule has 0 fully saturated rings. The Bertz CT molecular complexity index is 1440. The molecule has 0 saturated carbocycles. The Balaban J connectivity index is 1.58. The van der Waals surface area contributed by atoms with E-state index in [2.05, 4.69) is 50.6 Å². The van der Waals surface area contributed by atoms with Gasteiger partial charge in [0.15, 0.2) is 11.5 Å². The molecule has 5 rings (SSSR count). The molecule has 156 valence electrons. The van der Waals surface area contributed by atoms with E-state index in [9.17, 15) is 0 Å². The molecular formula is C23H19N9. The Kier molecular flexibility index (Phi) is 4.80. The molecular weight excluding hydrogens is 402 g/mol. The number of benzene rings is 1. The maximum Gasteiger partial charge on any atom is 0.164 e. The number of aromatic nitrogens is 7. The van der Waals surface area contributed by atoms with E-state index in [1.54, 1.807) is 27.8 Å². The molecule has 0 bridgehead atoms. The Morgan fingerprint density at radius 2 is 1.88 bits per heavy atom. The molecule has 1 aromatic carbocycles. The largest absolute Gasteiger partial charge is 0.382 e. The summed E-state index contributed by atoms with van der Waals surface area (Å²) in [6.07, 6.45) is 6.85. The van der Waals surface area contributed by atoms with Gasteiger partial charge in [0.2, 0.25) is 0 Å². The molecule has 9 heteroatoms. The van der Waals surface area contributed by atoms with Crippen LogP contribution in [0.5, 0.6) is 0 Å². The summed E-state index contributed by atoms with van der Waals surface area (Å²) in [5, 5.41) is 26.4. The fourth-order valence-corrected chi connectivity index (χ4v) is 3.44. The number of hydrogen-bond acceptors (Lipinski definition) is 7. The van der Waals surface area contributed by atoms with Gasteiger partial charge in [-0.1, -0.05) is 23.4 Å². The van der Waals surface area contributed by atoms with Crippen LogP contribution in [0.2, 0.25) is 0 Å². The summed E-state index contributed by atoms with van der Waals surface area (Å²) in [5.74, 6) is 0.611. The number of hydrogen-bond donors (Lipinski definition) is 1. The van der Waals surface area contributed by atoms with Crippen LogP contribution in [0.3, 0.4) is 0 Å².